The van der Waals surface area contributed by atoms with Gasteiger partial charge in [-0.3, -0.25) is 9.88 Å². The first-order chi connectivity index (χ1) is 9.30. The summed E-state index contributed by atoms with van der Waals surface area (Å²) in [6, 6.07) is 4.23. The van der Waals surface area contributed by atoms with Crippen LogP contribution in [0.25, 0.3) is 0 Å². The van der Waals surface area contributed by atoms with E-state index in [2.05, 4.69) is 28.9 Å². The van der Waals surface area contributed by atoms with Crippen molar-refractivity contribution in [1.29, 1.82) is 0 Å². The molecule has 1 fully saturated rings. The number of nitrogens with zero attached hydrogens (tertiary/aromatic N) is 2. The van der Waals surface area contributed by atoms with Gasteiger partial charge in [0.2, 0.25) is 0 Å². The molecule has 0 bridgehead atoms. The molecule has 0 aromatic carbocycles. The van der Waals surface area contributed by atoms with E-state index in [4.69, 9.17) is 5.73 Å². The van der Waals surface area contributed by atoms with Gasteiger partial charge in [0.25, 0.3) is 0 Å². The molecule has 1 aromatic heterocycles. The number of aromatic nitrogens is 1. The molecule has 0 atom stereocenters. The Morgan fingerprint density at radius 1 is 1.16 bits per heavy atom. The highest BCUT2D eigenvalue weighted by atomic mass is 15.2. The minimum Gasteiger partial charge on any atom is -0.329 e. The van der Waals surface area contributed by atoms with Gasteiger partial charge in [-0.05, 0) is 37.1 Å². The van der Waals surface area contributed by atoms with Crippen LogP contribution in [0.2, 0.25) is 0 Å². The first-order valence-electron chi connectivity index (χ1n) is 7.65. The molecule has 0 saturated heterocycles. The number of likely N-dealkylation sites (N-methyl/N-ethyl adjacent to an activating group) is 1. The van der Waals surface area contributed by atoms with E-state index in [-0.39, 0.29) is 5.54 Å². The fourth-order valence-electron chi connectivity index (χ4n) is 3.36. The van der Waals surface area contributed by atoms with E-state index in [0.29, 0.717) is 0 Å². The molecule has 1 heterocycles. The molecular formula is C16H27N3. The fraction of sp³-hybridized carbons (Fsp3) is 0.688. The zero-order chi connectivity index (χ0) is 13.6. The van der Waals surface area contributed by atoms with Crippen LogP contribution < -0.4 is 5.73 Å². The van der Waals surface area contributed by atoms with E-state index in [0.717, 1.165) is 19.6 Å². The Labute approximate surface area is 117 Å². The Balaban J connectivity index is 2.13. The van der Waals surface area contributed by atoms with Crippen molar-refractivity contribution in [3.05, 3.63) is 30.1 Å². The van der Waals surface area contributed by atoms with Crippen molar-refractivity contribution < 1.29 is 0 Å². The van der Waals surface area contributed by atoms with Gasteiger partial charge in [-0.1, -0.05) is 32.6 Å². The highest BCUT2D eigenvalue weighted by molar-refractivity contribution is 5.10. The normalized spacial score (nSPS) is 19.3. The third kappa shape index (κ3) is 3.54. The van der Waals surface area contributed by atoms with Crippen LogP contribution in [-0.4, -0.2) is 28.5 Å². The van der Waals surface area contributed by atoms with Crippen LogP contribution in [0.15, 0.2) is 24.5 Å². The van der Waals surface area contributed by atoms with Gasteiger partial charge in [-0.2, -0.15) is 0 Å². The highest BCUT2D eigenvalue weighted by Crippen LogP contribution is 2.32. The van der Waals surface area contributed by atoms with Gasteiger partial charge < -0.3 is 5.73 Å². The van der Waals surface area contributed by atoms with Crippen molar-refractivity contribution in [3.63, 3.8) is 0 Å². The van der Waals surface area contributed by atoms with E-state index >= 15 is 0 Å². The van der Waals surface area contributed by atoms with Gasteiger partial charge in [0.05, 0.1) is 0 Å². The summed E-state index contributed by atoms with van der Waals surface area (Å²) in [4.78, 5) is 6.69. The summed E-state index contributed by atoms with van der Waals surface area (Å²) in [5.41, 5.74) is 7.74. The summed E-state index contributed by atoms with van der Waals surface area (Å²) in [6.07, 6.45) is 11.7. The topological polar surface area (TPSA) is 42.2 Å². The third-order valence-corrected chi connectivity index (χ3v) is 4.59. The standard InChI is InChI=1S/C16H27N3/c1-2-19(13-15-7-11-18-12-8-15)16(14-17)9-5-3-4-6-10-16/h7-8,11-12H,2-6,9-10,13-14,17H2,1H3. The number of rotatable bonds is 5. The number of pyridine rings is 1. The molecule has 2 rings (SSSR count). The van der Waals surface area contributed by atoms with Crippen molar-refractivity contribution >= 4 is 0 Å². The molecule has 1 aromatic rings. The largest absolute Gasteiger partial charge is 0.329 e. The van der Waals surface area contributed by atoms with Crippen LogP contribution in [-0.2, 0) is 6.54 Å². The van der Waals surface area contributed by atoms with E-state index in [9.17, 15) is 0 Å². The molecule has 2 N–H and O–H groups in total. The Hall–Kier alpha value is -0.930. The zero-order valence-corrected chi connectivity index (χ0v) is 12.1. The molecule has 0 amide bonds. The molecule has 3 nitrogen and oxygen atoms in total. The van der Waals surface area contributed by atoms with Crippen molar-refractivity contribution in [1.82, 2.24) is 9.88 Å². The lowest BCUT2D eigenvalue weighted by molar-refractivity contribution is 0.0756. The van der Waals surface area contributed by atoms with Crippen LogP contribution >= 0.6 is 0 Å². The predicted octanol–water partition coefficient (Wildman–Crippen LogP) is 2.96. The van der Waals surface area contributed by atoms with Crippen LogP contribution in [0.4, 0.5) is 0 Å². The van der Waals surface area contributed by atoms with E-state index < -0.39 is 0 Å². The number of hydrogen-bond donors (Lipinski definition) is 1. The summed E-state index contributed by atoms with van der Waals surface area (Å²) in [5.74, 6) is 0. The smallest absolute Gasteiger partial charge is 0.0335 e. The average Bonchev–Trinajstić information content (AvgIpc) is 2.72. The lowest BCUT2D eigenvalue weighted by atomic mass is 9.87. The fourth-order valence-corrected chi connectivity index (χ4v) is 3.36. The Bertz CT molecular complexity index is 356. The maximum Gasteiger partial charge on any atom is 0.0335 e. The summed E-state index contributed by atoms with van der Waals surface area (Å²) in [6.45, 7) is 5.10. The maximum absolute atomic E-state index is 6.18. The van der Waals surface area contributed by atoms with E-state index in [1.807, 2.05) is 12.4 Å². The van der Waals surface area contributed by atoms with Crippen molar-refractivity contribution in [2.45, 2.75) is 57.5 Å². The molecular weight excluding hydrogens is 234 g/mol. The van der Waals surface area contributed by atoms with Gasteiger partial charge >= 0.3 is 0 Å². The van der Waals surface area contributed by atoms with Gasteiger partial charge in [-0.15, -0.1) is 0 Å². The van der Waals surface area contributed by atoms with Crippen LogP contribution in [0.3, 0.4) is 0 Å². The molecule has 0 aliphatic heterocycles. The molecule has 0 radical (unpaired) electrons. The zero-order valence-electron chi connectivity index (χ0n) is 12.1. The van der Waals surface area contributed by atoms with Crippen molar-refractivity contribution in [3.8, 4) is 0 Å². The highest BCUT2D eigenvalue weighted by Gasteiger charge is 2.34. The Kier molecular flexibility index (Phi) is 5.34. The van der Waals surface area contributed by atoms with Crippen LogP contribution in [0.1, 0.15) is 51.0 Å². The molecule has 3 heteroatoms. The second kappa shape index (κ2) is 7.01. The first kappa shape index (κ1) is 14.5. The average molecular weight is 261 g/mol. The van der Waals surface area contributed by atoms with Gasteiger partial charge in [-0.25, -0.2) is 0 Å². The molecule has 0 unspecified atom stereocenters. The maximum atomic E-state index is 6.18. The van der Waals surface area contributed by atoms with Crippen molar-refractivity contribution in [2.75, 3.05) is 13.1 Å². The monoisotopic (exact) mass is 261 g/mol. The molecule has 1 aliphatic rings. The molecule has 1 saturated carbocycles. The second-order valence-corrected chi connectivity index (χ2v) is 5.71. The SMILES string of the molecule is CCN(Cc1ccncc1)C1(CN)CCCCCC1. The summed E-state index contributed by atoms with van der Waals surface area (Å²) in [7, 11) is 0. The molecule has 106 valence electrons. The molecule has 0 spiro atoms. The molecule has 1 aliphatic carbocycles. The van der Waals surface area contributed by atoms with Crippen LogP contribution in [0, 0.1) is 0 Å². The van der Waals surface area contributed by atoms with E-state index in [1.165, 1.54) is 44.1 Å². The third-order valence-electron chi connectivity index (χ3n) is 4.59. The number of hydrogen-bond acceptors (Lipinski definition) is 3. The quantitative estimate of drug-likeness (QED) is 0.829. The Morgan fingerprint density at radius 3 is 2.32 bits per heavy atom. The van der Waals surface area contributed by atoms with Crippen molar-refractivity contribution in [2.24, 2.45) is 5.73 Å². The predicted molar refractivity (Wildman–Crippen MR) is 79.8 cm³/mol. The van der Waals surface area contributed by atoms with E-state index in [1.54, 1.807) is 0 Å². The van der Waals surface area contributed by atoms with Gasteiger partial charge in [0.15, 0.2) is 0 Å². The summed E-state index contributed by atoms with van der Waals surface area (Å²) in [5, 5.41) is 0. The van der Waals surface area contributed by atoms with Crippen LogP contribution in [0.5, 0.6) is 0 Å². The lowest BCUT2D eigenvalue weighted by Crippen LogP contribution is -2.53. The summed E-state index contributed by atoms with van der Waals surface area (Å²) < 4.78 is 0. The molecule has 19 heavy (non-hydrogen) atoms. The van der Waals surface area contributed by atoms with Gasteiger partial charge in [0, 0.05) is 31.0 Å². The van der Waals surface area contributed by atoms with Gasteiger partial charge in [0.1, 0.15) is 0 Å². The minimum absolute atomic E-state index is 0.217. The lowest BCUT2D eigenvalue weighted by Gasteiger charge is -2.43. The summed E-state index contributed by atoms with van der Waals surface area (Å²) >= 11 is 0. The Morgan fingerprint density at radius 2 is 1.79 bits per heavy atom. The first-order valence-corrected chi connectivity index (χ1v) is 7.65. The minimum atomic E-state index is 0.217. The number of nitrogens with two attached hydrogens (primary N) is 1. The second-order valence-electron chi connectivity index (χ2n) is 5.71.